The number of rotatable bonds is 3. The largest absolute Gasteiger partial charge is 0.332 e. The number of benzene rings is 1. The molecule has 0 atom stereocenters. The molecule has 0 saturated heterocycles. The van der Waals surface area contributed by atoms with E-state index in [1.165, 1.54) is 23.9 Å². The number of nitrogens with one attached hydrogen (secondary N) is 1. The standard InChI is InChI=1S/C24H18N6O3/c1-29-21-18(23(32)30(2)24(29)33)11-15(13-26-21)27-22(31)17-12-20(14-7-9-25-10-8-14)28-19-6-4-3-5-16(17)19/h3-13H,1-2H3,(H,27,31). The van der Waals surface area contributed by atoms with Crippen LogP contribution in [0.25, 0.3) is 33.2 Å². The normalized spacial score (nSPS) is 11.1. The van der Waals surface area contributed by atoms with Crippen LogP contribution in [0.5, 0.6) is 0 Å². The molecule has 4 heterocycles. The van der Waals surface area contributed by atoms with Crippen molar-refractivity contribution in [2.75, 3.05) is 5.32 Å². The number of nitrogens with zero attached hydrogens (tertiary/aromatic N) is 5. The van der Waals surface area contributed by atoms with Crippen LogP contribution < -0.4 is 16.6 Å². The van der Waals surface area contributed by atoms with E-state index in [4.69, 9.17) is 0 Å². The average Bonchev–Trinajstić information content (AvgIpc) is 2.86. The molecule has 0 aliphatic carbocycles. The maximum absolute atomic E-state index is 13.3. The number of anilines is 1. The molecule has 9 nitrogen and oxygen atoms in total. The molecule has 0 aliphatic rings. The zero-order valence-corrected chi connectivity index (χ0v) is 17.8. The van der Waals surface area contributed by atoms with Crippen LogP contribution in [0.4, 0.5) is 5.69 Å². The second-order valence-electron chi connectivity index (χ2n) is 7.56. The Labute approximate surface area is 187 Å². The van der Waals surface area contributed by atoms with E-state index < -0.39 is 11.2 Å². The molecule has 9 heteroatoms. The number of aryl methyl sites for hydroxylation is 1. The minimum Gasteiger partial charge on any atom is -0.321 e. The molecule has 0 aliphatic heterocycles. The summed E-state index contributed by atoms with van der Waals surface area (Å²) < 4.78 is 2.30. The van der Waals surface area contributed by atoms with Crippen LogP contribution in [0.2, 0.25) is 0 Å². The van der Waals surface area contributed by atoms with Crippen LogP contribution in [0.3, 0.4) is 0 Å². The van der Waals surface area contributed by atoms with E-state index >= 15 is 0 Å². The summed E-state index contributed by atoms with van der Waals surface area (Å²) in [5.74, 6) is -0.369. The van der Waals surface area contributed by atoms with Crippen molar-refractivity contribution in [3.63, 3.8) is 0 Å². The Morgan fingerprint density at radius 2 is 1.70 bits per heavy atom. The summed E-state index contributed by atoms with van der Waals surface area (Å²) in [6, 6.07) is 14.3. The second-order valence-corrected chi connectivity index (χ2v) is 7.56. The average molecular weight is 438 g/mol. The Balaban J connectivity index is 1.60. The monoisotopic (exact) mass is 438 g/mol. The third-order valence-electron chi connectivity index (χ3n) is 5.49. The third kappa shape index (κ3) is 3.45. The first-order chi connectivity index (χ1) is 15.9. The predicted octanol–water partition coefficient (Wildman–Crippen LogP) is 2.49. The zero-order valence-electron chi connectivity index (χ0n) is 17.8. The summed E-state index contributed by atoms with van der Waals surface area (Å²) in [6.07, 6.45) is 4.76. The SMILES string of the molecule is Cn1c(=O)c2cc(NC(=O)c3cc(-c4ccncc4)nc4ccccc34)cnc2n(C)c1=O. The van der Waals surface area contributed by atoms with Gasteiger partial charge in [0, 0.05) is 37.4 Å². The van der Waals surface area contributed by atoms with Gasteiger partial charge in [-0.15, -0.1) is 0 Å². The van der Waals surface area contributed by atoms with E-state index in [-0.39, 0.29) is 16.9 Å². The highest BCUT2D eigenvalue weighted by atomic mass is 16.2. The van der Waals surface area contributed by atoms with Crippen molar-refractivity contribution in [2.45, 2.75) is 0 Å². The Hall–Kier alpha value is -4.66. The van der Waals surface area contributed by atoms with Gasteiger partial charge in [0.2, 0.25) is 0 Å². The maximum atomic E-state index is 13.3. The molecule has 1 N–H and O–H groups in total. The lowest BCUT2D eigenvalue weighted by Gasteiger charge is -2.12. The highest BCUT2D eigenvalue weighted by molar-refractivity contribution is 6.13. The summed E-state index contributed by atoms with van der Waals surface area (Å²) in [5, 5.41) is 3.75. The lowest BCUT2D eigenvalue weighted by Crippen LogP contribution is -2.37. The highest BCUT2D eigenvalue weighted by Crippen LogP contribution is 2.25. The quantitative estimate of drug-likeness (QED) is 0.463. The molecule has 0 spiro atoms. The fourth-order valence-corrected chi connectivity index (χ4v) is 3.77. The number of amides is 1. The van der Waals surface area contributed by atoms with Gasteiger partial charge in [0.25, 0.3) is 11.5 Å². The summed E-state index contributed by atoms with van der Waals surface area (Å²) in [6.45, 7) is 0. The Morgan fingerprint density at radius 3 is 2.48 bits per heavy atom. The van der Waals surface area contributed by atoms with Crippen LogP contribution in [0.1, 0.15) is 10.4 Å². The third-order valence-corrected chi connectivity index (χ3v) is 5.49. The molecule has 33 heavy (non-hydrogen) atoms. The van der Waals surface area contributed by atoms with E-state index in [1.54, 1.807) is 25.5 Å². The van der Waals surface area contributed by atoms with Gasteiger partial charge in [-0.05, 0) is 30.3 Å². The number of hydrogen-bond acceptors (Lipinski definition) is 6. The number of carbonyl (C=O) groups is 1. The van der Waals surface area contributed by atoms with Crippen molar-refractivity contribution < 1.29 is 4.79 Å². The number of pyridine rings is 3. The lowest BCUT2D eigenvalue weighted by atomic mass is 10.0. The van der Waals surface area contributed by atoms with Crippen molar-refractivity contribution in [1.82, 2.24) is 24.1 Å². The molecule has 0 unspecified atom stereocenters. The Morgan fingerprint density at radius 1 is 0.939 bits per heavy atom. The van der Waals surface area contributed by atoms with E-state index in [2.05, 4.69) is 20.3 Å². The topological polar surface area (TPSA) is 112 Å². The number of aromatic nitrogens is 5. The smallest absolute Gasteiger partial charge is 0.321 e. The van der Waals surface area contributed by atoms with E-state index in [9.17, 15) is 14.4 Å². The molecule has 5 aromatic rings. The van der Waals surface area contributed by atoms with Gasteiger partial charge in [-0.3, -0.25) is 23.7 Å². The first kappa shape index (κ1) is 20.3. The van der Waals surface area contributed by atoms with E-state index in [1.807, 2.05) is 36.4 Å². The molecular formula is C24H18N6O3. The second kappa shape index (κ2) is 7.79. The van der Waals surface area contributed by atoms with Crippen molar-refractivity contribution >= 4 is 33.5 Å². The molecular weight excluding hydrogens is 420 g/mol. The lowest BCUT2D eigenvalue weighted by molar-refractivity contribution is 0.102. The highest BCUT2D eigenvalue weighted by Gasteiger charge is 2.16. The van der Waals surface area contributed by atoms with Gasteiger partial charge in [0.05, 0.1) is 34.0 Å². The van der Waals surface area contributed by atoms with Crippen molar-refractivity contribution in [3.8, 4) is 11.3 Å². The van der Waals surface area contributed by atoms with Gasteiger partial charge in [-0.2, -0.15) is 0 Å². The first-order valence-electron chi connectivity index (χ1n) is 10.1. The minimum atomic E-state index is -0.481. The predicted molar refractivity (Wildman–Crippen MR) is 125 cm³/mol. The van der Waals surface area contributed by atoms with Gasteiger partial charge in [0.15, 0.2) is 0 Å². The van der Waals surface area contributed by atoms with Crippen LogP contribution in [0.15, 0.2) is 76.7 Å². The summed E-state index contributed by atoms with van der Waals surface area (Å²) in [5.41, 5.74) is 2.22. The van der Waals surface area contributed by atoms with Crippen molar-refractivity contribution in [1.29, 1.82) is 0 Å². The van der Waals surface area contributed by atoms with Crippen LogP contribution >= 0.6 is 0 Å². The number of hydrogen-bond donors (Lipinski definition) is 1. The van der Waals surface area contributed by atoms with Gasteiger partial charge in [-0.1, -0.05) is 18.2 Å². The van der Waals surface area contributed by atoms with Crippen LogP contribution in [-0.4, -0.2) is 30.0 Å². The molecule has 0 radical (unpaired) electrons. The molecule has 1 aromatic carbocycles. The van der Waals surface area contributed by atoms with Crippen molar-refractivity contribution in [2.24, 2.45) is 14.1 Å². The van der Waals surface area contributed by atoms with Gasteiger partial charge in [-0.25, -0.2) is 14.8 Å². The molecule has 0 fully saturated rings. The van der Waals surface area contributed by atoms with Gasteiger partial charge < -0.3 is 5.32 Å². The maximum Gasteiger partial charge on any atom is 0.332 e. The molecule has 0 saturated carbocycles. The molecule has 162 valence electrons. The van der Waals surface area contributed by atoms with Crippen molar-refractivity contribution in [3.05, 3.63) is 93.5 Å². The van der Waals surface area contributed by atoms with Gasteiger partial charge >= 0.3 is 5.69 Å². The molecule has 5 rings (SSSR count). The summed E-state index contributed by atoms with van der Waals surface area (Å²) in [7, 11) is 2.94. The van der Waals surface area contributed by atoms with Crippen LogP contribution in [-0.2, 0) is 14.1 Å². The summed E-state index contributed by atoms with van der Waals surface area (Å²) >= 11 is 0. The fraction of sp³-hybridized carbons (Fsp3) is 0.0833. The summed E-state index contributed by atoms with van der Waals surface area (Å²) in [4.78, 5) is 50.9. The molecule has 1 amide bonds. The number of fused-ring (bicyclic) bond motifs is 2. The number of para-hydroxylation sites is 1. The minimum absolute atomic E-state index is 0.231. The number of carbonyl (C=O) groups excluding carboxylic acids is 1. The zero-order chi connectivity index (χ0) is 23.1. The van der Waals surface area contributed by atoms with E-state index in [0.717, 1.165) is 10.1 Å². The molecule has 0 bridgehead atoms. The van der Waals surface area contributed by atoms with Gasteiger partial charge in [0.1, 0.15) is 5.65 Å². The van der Waals surface area contributed by atoms with Crippen LogP contribution in [0, 0.1) is 0 Å². The Kier molecular flexibility index (Phi) is 4.78. The Bertz CT molecular complexity index is 1670. The fourth-order valence-electron chi connectivity index (χ4n) is 3.77. The molecule has 4 aromatic heterocycles. The first-order valence-corrected chi connectivity index (χ1v) is 10.1. The van der Waals surface area contributed by atoms with E-state index in [0.29, 0.717) is 27.8 Å².